The van der Waals surface area contributed by atoms with Crippen molar-refractivity contribution in [2.75, 3.05) is 0 Å². The number of nitrogens with zero attached hydrogens (tertiary/aromatic N) is 1. The maximum Gasteiger partial charge on any atom is 0.0713 e. The predicted molar refractivity (Wildman–Crippen MR) is 252 cm³/mol. The molecule has 276 valence electrons. The average Bonchev–Trinajstić information content (AvgIpc) is 3.80. The van der Waals surface area contributed by atoms with Crippen LogP contribution in [0.5, 0.6) is 0 Å². The SMILES string of the molecule is Brc1cccc(-c2ccc(-c3ccc4c5ccc6ccccc6c5n(-c5ccc6c(c5)-c5c(ccc7ccccc57)C6(c5ccccc5)c5ccccc5)c4c3)cc2)c1. The van der Waals surface area contributed by atoms with Gasteiger partial charge in [-0.05, 0) is 102 Å². The second-order valence-electron chi connectivity index (χ2n) is 15.8. The molecule has 0 atom stereocenters. The van der Waals surface area contributed by atoms with E-state index in [1.165, 1.54) is 99.0 Å². The molecule has 12 rings (SSSR count). The zero-order valence-electron chi connectivity index (χ0n) is 32.1. The lowest BCUT2D eigenvalue weighted by Crippen LogP contribution is -2.28. The topological polar surface area (TPSA) is 4.93 Å². The Bertz CT molecular complexity index is 3390. The van der Waals surface area contributed by atoms with Gasteiger partial charge >= 0.3 is 0 Å². The number of rotatable bonds is 5. The number of hydrogen-bond acceptors (Lipinski definition) is 0. The number of aromatic nitrogens is 1. The molecular formula is C57H36BrN. The molecule has 0 saturated carbocycles. The summed E-state index contributed by atoms with van der Waals surface area (Å²) < 4.78 is 3.61. The van der Waals surface area contributed by atoms with Crippen molar-refractivity contribution in [1.82, 2.24) is 4.57 Å². The van der Waals surface area contributed by atoms with Gasteiger partial charge in [0, 0.05) is 26.3 Å². The lowest BCUT2D eigenvalue weighted by atomic mass is 9.67. The van der Waals surface area contributed by atoms with Gasteiger partial charge in [0.25, 0.3) is 0 Å². The lowest BCUT2D eigenvalue weighted by Gasteiger charge is -2.34. The highest BCUT2D eigenvalue weighted by Crippen LogP contribution is 2.58. The third-order valence-electron chi connectivity index (χ3n) is 12.7. The molecule has 1 aliphatic carbocycles. The molecule has 0 fully saturated rings. The molecule has 0 amide bonds. The van der Waals surface area contributed by atoms with E-state index in [2.05, 4.69) is 239 Å². The highest BCUT2D eigenvalue weighted by Gasteiger charge is 2.46. The number of benzene rings is 10. The summed E-state index contributed by atoms with van der Waals surface area (Å²) in [5, 5.41) is 7.50. The Morgan fingerprint density at radius 3 is 1.66 bits per heavy atom. The molecule has 1 heterocycles. The minimum absolute atomic E-state index is 0.488. The van der Waals surface area contributed by atoms with Crippen LogP contribution in [0.3, 0.4) is 0 Å². The Morgan fingerprint density at radius 2 is 0.949 bits per heavy atom. The van der Waals surface area contributed by atoms with Crippen LogP contribution < -0.4 is 0 Å². The number of fused-ring (bicyclic) bond motifs is 10. The fraction of sp³-hybridized carbons (Fsp3) is 0.0175. The Hall–Kier alpha value is -7.00. The van der Waals surface area contributed by atoms with Crippen molar-refractivity contribution in [2.24, 2.45) is 0 Å². The fourth-order valence-corrected chi connectivity index (χ4v) is 10.5. The van der Waals surface area contributed by atoms with Gasteiger partial charge in [0.2, 0.25) is 0 Å². The van der Waals surface area contributed by atoms with Gasteiger partial charge in [-0.25, -0.2) is 0 Å². The smallest absolute Gasteiger partial charge is 0.0713 e. The van der Waals surface area contributed by atoms with E-state index in [9.17, 15) is 0 Å². The predicted octanol–water partition coefficient (Wildman–Crippen LogP) is 15.5. The summed E-state index contributed by atoms with van der Waals surface area (Å²) in [6.07, 6.45) is 0. The molecule has 1 aliphatic rings. The molecule has 1 nitrogen and oxygen atoms in total. The Morgan fingerprint density at radius 1 is 0.373 bits per heavy atom. The summed E-state index contributed by atoms with van der Waals surface area (Å²) in [6, 6.07) is 80.9. The number of hydrogen-bond donors (Lipinski definition) is 0. The molecular weight excluding hydrogens is 779 g/mol. The van der Waals surface area contributed by atoms with Crippen LogP contribution >= 0.6 is 15.9 Å². The second-order valence-corrected chi connectivity index (χ2v) is 16.7. The first-order valence-electron chi connectivity index (χ1n) is 20.3. The van der Waals surface area contributed by atoms with Crippen molar-refractivity contribution < 1.29 is 0 Å². The Balaban J connectivity index is 1.14. The summed E-state index contributed by atoms with van der Waals surface area (Å²) in [4.78, 5) is 0. The molecule has 0 aliphatic heterocycles. The van der Waals surface area contributed by atoms with Gasteiger partial charge in [-0.3, -0.25) is 0 Å². The molecule has 0 unspecified atom stereocenters. The molecule has 11 aromatic rings. The first-order chi connectivity index (χ1) is 29.2. The van der Waals surface area contributed by atoms with Crippen molar-refractivity contribution in [3.8, 4) is 39.1 Å². The fourth-order valence-electron chi connectivity index (χ4n) is 10.1. The zero-order valence-corrected chi connectivity index (χ0v) is 33.7. The van der Waals surface area contributed by atoms with Crippen LogP contribution in [-0.2, 0) is 5.41 Å². The largest absolute Gasteiger partial charge is 0.309 e. The van der Waals surface area contributed by atoms with Crippen LogP contribution in [0.1, 0.15) is 22.3 Å². The minimum Gasteiger partial charge on any atom is -0.309 e. The van der Waals surface area contributed by atoms with Crippen molar-refractivity contribution in [3.63, 3.8) is 0 Å². The van der Waals surface area contributed by atoms with E-state index >= 15 is 0 Å². The third kappa shape index (κ3) is 5.10. The first kappa shape index (κ1) is 34.1. The maximum absolute atomic E-state index is 3.65. The minimum atomic E-state index is -0.488. The molecule has 0 saturated heterocycles. The van der Waals surface area contributed by atoms with Crippen LogP contribution in [0.2, 0.25) is 0 Å². The van der Waals surface area contributed by atoms with Gasteiger partial charge in [-0.1, -0.05) is 204 Å². The molecule has 0 bridgehead atoms. The van der Waals surface area contributed by atoms with Gasteiger partial charge in [-0.2, -0.15) is 0 Å². The van der Waals surface area contributed by atoms with Crippen molar-refractivity contribution in [3.05, 3.63) is 245 Å². The maximum atomic E-state index is 3.65. The lowest BCUT2D eigenvalue weighted by molar-refractivity contribution is 0.769. The first-order valence-corrected chi connectivity index (χ1v) is 21.1. The Labute approximate surface area is 351 Å². The van der Waals surface area contributed by atoms with Gasteiger partial charge in [-0.15, -0.1) is 0 Å². The van der Waals surface area contributed by atoms with E-state index in [-0.39, 0.29) is 0 Å². The van der Waals surface area contributed by atoms with E-state index in [1.807, 2.05) is 0 Å². The average molecular weight is 815 g/mol. The molecule has 0 spiro atoms. The van der Waals surface area contributed by atoms with Crippen molar-refractivity contribution >= 4 is 59.3 Å². The monoisotopic (exact) mass is 813 g/mol. The van der Waals surface area contributed by atoms with Crippen LogP contribution in [0.25, 0.3) is 82.4 Å². The highest BCUT2D eigenvalue weighted by molar-refractivity contribution is 9.10. The summed E-state index contributed by atoms with van der Waals surface area (Å²) in [5.41, 5.74) is 15.6. The Kier molecular flexibility index (Phi) is 7.67. The van der Waals surface area contributed by atoms with Crippen molar-refractivity contribution in [1.29, 1.82) is 0 Å². The van der Waals surface area contributed by atoms with E-state index in [0.717, 1.165) is 10.2 Å². The molecule has 10 aromatic carbocycles. The van der Waals surface area contributed by atoms with Gasteiger partial charge < -0.3 is 4.57 Å². The van der Waals surface area contributed by atoms with Crippen LogP contribution in [-0.4, -0.2) is 4.57 Å². The molecule has 59 heavy (non-hydrogen) atoms. The van der Waals surface area contributed by atoms with Gasteiger partial charge in [0.05, 0.1) is 16.4 Å². The summed E-state index contributed by atoms with van der Waals surface area (Å²) in [7, 11) is 0. The summed E-state index contributed by atoms with van der Waals surface area (Å²) in [5.74, 6) is 0. The summed E-state index contributed by atoms with van der Waals surface area (Å²) in [6.45, 7) is 0. The van der Waals surface area contributed by atoms with E-state index in [0.29, 0.717) is 0 Å². The van der Waals surface area contributed by atoms with Crippen molar-refractivity contribution in [2.45, 2.75) is 5.41 Å². The van der Waals surface area contributed by atoms with Crippen LogP contribution in [0, 0.1) is 0 Å². The van der Waals surface area contributed by atoms with E-state index in [1.54, 1.807) is 0 Å². The number of halogens is 1. The van der Waals surface area contributed by atoms with E-state index < -0.39 is 5.41 Å². The molecule has 0 radical (unpaired) electrons. The van der Waals surface area contributed by atoms with Gasteiger partial charge in [0.1, 0.15) is 0 Å². The normalized spacial score (nSPS) is 13.0. The zero-order chi connectivity index (χ0) is 39.1. The van der Waals surface area contributed by atoms with Crippen LogP contribution in [0.15, 0.2) is 223 Å². The van der Waals surface area contributed by atoms with Crippen LogP contribution in [0.4, 0.5) is 0 Å². The molecule has 0 N–H and O–H groups in total. The second kappa shape index (κ2) is 13.3. The van der Waals surface area contributed by atoms with E-state index in [4.69, 9.17) is 0 Å². The quantitative estimate of drug-likeness (QED) is 0.163. The summed E-state index contributed by atoms with van der Waals surface area (Å²) >= 11 is 3.65. The molecule has 1 aromatic heterocycles. The van der Waals surface area contributed by atoms with Gasteiger partial charge in [0.15, 0.2) is 0 Å². The standard InChI is InChI=1S/C57H36BrN/c58-45-19-11-14-41(34-45)37-22-24-38(25-23-37)42-27-30-49-50-31-26-40-13-8-10-21-48(40)56(50)59(54(49)35-42)46-29-33-52-51(36-46)55-47-20-9-7-12-39(47)28-32-53(55)57(52,43-15-3-1-4-16-43)44-17-5-2-6-18-44/h1-36H. The molecule has 2 heteroatoms. The highest BCUT2D eigenvalue weighted by atomic mass is 79.9. The third-order valence-corrected chi connectivity index (χ3v) is 13.2.